The van der Waals surface area contributed by atoms with E-state index in [1.807, 2.05) is 0 Å². The van der Waals surface area contributed by atoms with Crippen molar-refractivity contribution < 1.29 is 28.5 Å². The van der Waals surface area contributed by atoms with Gasteiger partial charge in [0, 0.05) is 31.7 Å². The van der Waals surface area contributed by atoms with Gasteiger partial charge in [-0.3, -0.25) is 4.90 Å². The summed E-state index contributed by atoms with van der Waals surface area (Å²) in [6.07, 6.45) is -4.60. The van der Waals surface area contributed by atoms with Crippen LogP contribution in [0.3, 0.4) is 0 Å². The van der Waals surface area contributed by atoms with Gasteiger partial charge < -0.3 is 20.6 Å². The van der Waals surface area contributed by atoms with Crippen LogP contribution in [-0.4, -0.2) is 52.6 Å². The third-order valence-electron chi connectivity index (χ3n) is 3.28. The second kappa shape index (κ2) is 7.96. The lowest BCUT2D eigenvalue weighted by Crippen LogP contribution is -2.49. The molecule has 1 aromatic rings. The maximum absolute atomic E-state index is 13.3. The molecule has 1 aliphatic heterocycles. The Hall–Kier alpha value is -1.09. The number of piperazine rings is 1. The van der Waals surface area contributed by atoms with Crippen LogP contribution in [0, 0.1) is 0 Å². The van der Waals surface area contributed by atoms with Gasteiger partial charge in [0.15, 0.2) is 11.5 Å². The fraction of sp³-hybridized carbons (Fsp3) is 0.500. The highest BCUT2D eigenvalue weighted by Crippen LogP contribution is 2.46. The molecule has 0 amide bonds. The molecule has 0 spiro atoms. The molecule has 0 bridgehead atoms. The van der Waals surface area contributed by atoms with E-state index in [4.69, 9.17) is 0 Å². The van der Waals surface area contributed by atoms with E-state index in [0.717, 1.165) is 12.1 Å². The second-order valence-electron chi connectivity index (χ2n) is 4.60. The minimum atomic E-state index is -4.60. The summed E-state index contributed by atoms with van der Waals surface area (Å²) in [5.41, 5.74) is -0.463. The molecule has 1 heterocycles. The van der Waals surface area contributed by atoms with Crippen molar-refractivity contribution in [1.82, 2.24) is 10.2 Å². The Morgan fingerprint density at radius 1 is 1.00 bits per heavy atom. The molecule has 5 nitrogen and oxygen atoms in total. The predicted octanol–water partition coefficient (Wildman–Crippen LogP) is 2.16. The first-order chi connectivity index (χ1) is 9.32. The SMILES string of the molecule is Cl.Cl.Oc1ccc([C@H](N2CCNCC2)C(F)(F)F)c(O)c1O. The normalized spacial score (nSPS) is 17.2. The number of benzene rings is 1. The van der Waals surface area contributed by atoms with Gasteiger partial charge in [0.2, 0.25) is 5.75 Å². The van der Waals surface area contributed by atoms with Crippen molar-refractivity contribution in [3.8, 4) is 17.2 Å². The van der Waals surface area contributed by atoms with Gasteiger partial charge in [0.25, 0.3) is 0 Å². The van der Waals surface area contributed by atoms with E-state index >= 15 is 0 Å². The topological polar surface area (TPSA) is 76.0 Å². The Labute approximate surface area is 137 Å². The molecule has 1 aliphatic rings. The summed E-state index contributed by atoms with van der Waals surface area (Å²) in [7, 11) is 0. The van der Waals surface area contributed by atoms with E-state index in [-0.39, 0.29) is 37.9 Å². The monoisotopic (exact) mass is 364 g/mol. The zero-order chi connectivity index (χ0) is 14.9. The molecule has 0 aromatic heterocycles. The van der Waals surface area contributed by atoms with E-state index in [9.17, 15) is 28.5 Å². The van der Waals surface area contributed by atoms with Crippen LogP contribution < -0.4 is 5.32 Å². The molecule has 1 aromatic carbocycles. The summed E-state index contributed by atoms with van der Waals surface area (Å²) in [6, 6.07) is -0.105. The summed E-state index contributed by atoms with van der Waals surface area (Å²) < 4.78 is 39.9. The van der Waals surface area contributed by atoms with Gasteiger partial charge in [-0.05, 0) is 12.1 Å². The van der Waals surface area contributed by atoms with Crippen molar-refractivity contribution >= 4 is 24.8 Å². The summed E-state index contributed by atoms with van der Waals surface area (Å²) in [4.78, 5) is 1.18. The number of halogens is 5. The molecule has 0 aliphatic carbocycles. The van der Waals surface area contributed by atoms with Crippen molar-refractivity contribution in [3.05, 3.63) is 17.7 Å². The highest BCUT2D eigenvalue weighted by molar-refractivity contribution is 5.85. The first-order valence-electron chi connectivity index (χ1n) is 6.07. The minimum absolute atomic E-state index is 0. The summed E-state index contributed by atoms with van der Waals surface area (Å²) >= 11 is 0. The van der Waals surface area contributed by atoms with E-state index in [0.29, 0.717) is 13.1 Å². The van der Waals surface area contributed by atoms with Gasteiger partial charge >= 0.3 is 6.18 Å². The molecule has 1 saturated heterocycles. The van der Waals surface area contributed by atoms with Gasteiger partial charge in [-0.2, -0.15) is 13.2 Å². The zero-order valence-electron chi connectivity index (χ0n) is 11.3. The fourth-order valence-electron chi connectivity index (χ4n) is 2.33. The molecular formula is C12H17Cl2F3N2O3. The van der Waals surface area contributed by atoms with Crippen molar-refractivity contribution in [2.75, 3.05) is 26.2 Å². The average molecular weight is 365 g/mol. The van der Waals surface area contributed by atoms with Crippen molar-refractivity contribution in [2.45, 2.75) is 12.2 Å². The Bertz CT molecular complexity index is 497. The smallest absolute Gasteiger partial charge is 0.408 e. The summed E-state index contributed by atoms with van der Waals surface area (Å²) in [5.74, 6) is -2.54. The Kier molecular flexibility index (Phi) is 7.56. The predicted molar refractivity (Wildman–Crippen MR) is 79.2 cm³/mol. The zero-order valence-corrected chi connectivity index (χ0v) is 12.9. The van der Waals surface area contributed by atoms with Crippen LogP contribution in [0.4, 0.5) is 13.2 Å². The summed E-state index contributed by atoms with van der Waals surface area (Å²) in [6.45, 7) is 1.17. The number of nitrogens with zero attached hydrogens (tertiary/aromatic N) is 1. The largest absolute Gasteiger partial charge is 0.504 e. The van der Waals surface area contributed by atoms with Crippen LogP contribution in [0.25, 0.3) is 0 Å². The molecule has 0 radical (unpaired) electrons. The van der Waals surface area contributed by atoms with Crippen LogP contribution in [0.2, 0.25) is 0 Å². The van der Waals surface area contributed by atoms with Crippen molar-refractivity contribution in [3.63, 3.8) is 0 Å². The fourth-order valence-corrected chi connectivity index (χ4v) is 2.33. The number of phenols is 3. The van der Waals surface area contributed by atoms with Crippen LogP contribution in [-0.2, 0) is 0 Å². The lowest BCUT2D eigenvalue weighted by Gasteiger charge is -2.36. The van der Waals surface area contributed by atoms with Gasteiger partial charge in [-0.25, -0.2) is 0 Å². The van der Waals surface area contributed by atoms with Gasteiger partial charge in [0.1, 0.15) is 6.04 Å². The quantitative estimate of drug-likeness (QED) is 0.605. The highest BCUT2D eigenvalue weighted by atomic mass is 35.5. The third kappa shape index (κ3) is 4.22. The first kappa shape index (κ1) is 20.9. The van der Waals surface area contributed by atoms with E-state index < -0.39 is 35.0 Å². The molecule has 0 saturated carbocycles. The number of alkyl halides is 3. The molecule has 10 heteroatoms. The maximum atomic E-state index is 13.3. The second-order valence-corrected chi connectivity index (χ2v) is 4.60. The Balaban J connectivity index is 0.00000220. The lowest BCUT2D eigenvalue weighted by molar-refractivity contribution is -0.188. The van der Waals surface area contributed by atoms with Gasteiger partial charge in [-0.1, -0.05) is 0 Å². The average Bonchev–Trinajstić information content (AvgIpc) is 2.39. The van der Waals surface area contributed by atoms with Crippen LogP contribution in [0.1, 0.15) is 11.6 Å². The molecule has 128 valence electrons. The standard InChI is InChI=1S/C12H15F3N2O3.2ClH/c13-12(14,15)11(17-5-3-16-4-6-17)7-1-2-8(18)10(20)9(7)19;;/h1-2,11,16,18-20H,3-6H2;2*1H/t11-;;/m0../s1. The molecular weight excluding hydrogens is 348 g/mol. The molecule has 4 N–H and O–H groups in total. The maximum Gasteiger partial charge on any atom is 0.408 e. The van der Waals surface area contributed by atoms with Crippen molar-refractivity contribution in [1.29, 1.82) is 0 Å². The third-order valence-corrected chi connectivity index (χ3v) is 3.28. The molecule has 1 atom stereocenters. The highest BCUT2D eigenvalue weighted by Gasteiger charge is 2.46. The summed E-state index contributed by atoms with van der Waals surface area (Å²) in [5, 5.41) is 31.2. The van der Waals surface area contributed by atoms with Gasteiger partial charge in [-0.15, -0.1) is 24.8 Å². The van der Waals surface area contributed by atoms with Crippen LogP contribution in [0.15, 0.2) is 12.1 Å². The number of rotatable bonds is 2. The van der Waals surface area contributed by atoms with Crippen LogP contribution >= 0.6 is 24.8 Å². The molecule has 0 unspecified atom stereocenters. The van der Waals surface area contributed by atoms with E-state index in [1.54, 1.807) is 0 Å². The number of hydrogen-bond acceptors (Lipinski definition) is 5. The van der Waals surface area contributed by atoms with E-state index in [2.05, 4.69) is 5.32 Å². The van der Waals surface area contributed by atoms with Crippen LogP contribution in [0.5, 0.6) is 17.2 Å². The number of nitrogens with one attached hydrogen (secondary N) is 1. The van der Waals surface area contributed by atoms with Crippen molar-refractivity contribution in [2.24, 2.45) is 0 Å². The molecule has 22 heavy (non-hydrogen) atoms. The lowest BCUT2D eigenvalue weighted by atomic mass is 10.0. The Morgan fingerprint density at radius 2 is 1.55 bits per heavy atom. The number of aromatic hydroxyl groups is 3. The number of phenolic OH excluding ortho intramolecular Hbond substituents is 3. The van der Waals surface area contributed by atoms with Gasteiger partial charge in [0.05, 0.1) is 0 Å². The minimum Gasteiger partial charge on any atom is -0.504 e. The molecule has 2 rings (SSSR count). The first-order valence-corrected chi connectivity index (χ1v) is 6.07. The van der Waals surface area contributed by atoms with E-state index in [1.165, 1.54) is 4.90 Å². The molecule has 1 fully saturated rings. The number of hydrogen-bond donors (Lipinski definition) is 4. The Morgan fingerprint density at radius 3 is 2.05 bits per heavy atom.